The monoisotopic (exact) mass is 372 g/mol. The van der Waals surface area contributed by atoms with Crippen molar-refractivity contribution in [2.45, 2.75) is 83.6 Å². The number of rotatable bonds is 16. The van der Waals surface area contributed by atoms with E-state index in [2.05, 4.69) is 12.2 Å². The topological polar surface area (TPSA) is 66.4 Å². The third-order valence-corrected chi connectivity index (χ3v) is 3.91. The molecule has 0 amide bonds. The van der Waals surface area contributed by atoms with Gasteiger partial charge in [0.1, 0.15) is 6.54 Å². The van der Waals surface area contributed by atoms with Crippen LogP contribution in [0.1, 0.15) is 81.6 Å². The zero-order chi connectivity index (χ0) is 22.3. The largest absolute Gasteiger partial charge is 0.550 e. The van der Waals surface area contributed by atoms with Crippen LogP contribution in [0.5, 0.6) is 0 Å². The number of hydrogen-bond acceptors (Lipinski definition) is 4. The van der Waals surface area contributed by atoms with Crippen LogP contribution < -0.4 is 5.11 Å². The first kappa shape index (κ1) is 19.4. The predicted octanol–water partition coefficient (Wildman–Crippen LogP) is 3.22. The number of carbonyl (C=O) groups excluding carboxylic acids is 2. The molecule has 0 saturated carbocycles. The molecule has 0 unspecified atom stereocenters. The van der Waals surface area contributed by atoms with Gasteiger partial charge < -0.3 is 19.1 Å². The third-order valence-electron chi connectivity index (χ3n) is 3.91. The van der Waals surface area contributed by atoms with Crippen LogP contribution in [0.15, 0.2) is 12.2 Å². The van der Waals surface area contributed by atoms with Crippen LogP contribution in [-0.2, 0) is 14.3 Å². The van der Waals surface area contributed by atoms with Gasteiger partial charge in [-0.05, 0) is 25.7 Å². The van der Waals surface area contributed by atoms with E-state index in [0.717, 1.165) is 44.9 Å². The lowest BCUT2D eigenvalue weighted by Gasteiger charge is -2.29. The summed E-state index contributed by atoms with van der Waals surface area (Å²) in [5.74, 6) is -1.58. The molecule has 5 nitrogen and oxygen atoms in total. The minimum Gasteiger partial charge on any atom is -0.550 e. The standard InChI is InChI=1S/C21H39NO4/c1-5-6-7-8-9-10-11-12-13-14-15-16-21(25)26-19(17-20(23)24)18-22(2,3)4/h12-13,19H,5-11,14-18H2,1-4H3/b13-12-/t19-/m1/s1/i1D3. The number of esters is 1. The number of aliphatic carboxylic acids is 1. The Bertz CT molecular complexity index is 499. The zero-order valence-corrected chi connectivity index (χ0v) is 16.8. The van der Waals surface area contributed by atoms with Gasteiger partial charge in [-0.1, -0.05) is 51.1 Å². The molecule has 0 aliphatic rings. The quantitative estimate of drug-likeness (QED) is 0.181. The second kappa shape index (κ2) is 14.8. The summed E-state index contributed by atoms with van der Waals surface area (Å²) in [6.07, 6.45) is 11.2. The summed E-state index contributed by atoms with van der Waals surface area (Å²) < 4.78 is 27.3. The second-order valence-electron chi connectivity index (χ2n) is 7.83. The summed E-state index contributed by atoms with van der Waals surface area (Å²) >= 11 is 0. The highest BCUT2D eigenvalue weighted by Gasteiger charge is 2.22. The van der Waals surface area contributed by atoms with Gasteiger partial charge in [0.2, 0.25) is 0 Å². The fourth-order valence-corrected chi connectivity index (χ4v) is 2.70. The number of ether oxygens (including phenoxy) is 1. The number of carboxylic acid groups (broad SMARTS) is 1. The maximum absolute atomic E-state index is 11.9. The molecule has 152 valence electrons. The SMILES string of the molecule is [2H]C([2H])([2H])CCCCCCC/C=C\CCCC(=O)O[C@H](CC(=O)[O-])C[N+](C)(C)C. The summed E-state index contributed by atoms with van der Waals surface area (Å²) in [7, 11) is 5.74. The molecule has 0 fully saturated rings. The van der Waals surface area contributed by atoms with Crippen molar-refractivity contribution in [1.29, 1.82) is 0 Å². The Labute approximate surface area is 164 Å². The van der Waals surface area contributed by atoms with Gasteiger partial charge in [-0.2, -0.15) is 0 Å². The normalized spacial score (nSPS) is 15.3. The number of carbonyl (C=O) groups is 2. The molecule has 0 spiro atoms. The molecule has 0 N–H and O–H groups in total. The van der Waals surface area contributed by atoms with E-state index in [1.54, 1.807) is 0 Å². The van der Waals surface area contributed by atoms with E-state index in [0.29, 0.717) is 23.9 Å². The summed E-state index contributed by atoms with van der Waals surface area (Å²) in [6, 6.07) is 0. The molecular formula is C21H39NO4. The van der Waals surface area contributed by atoms with Crippen LogP contribution in [0.2, 0.25) is 0 Å². The summed E-state index contributed by atoms with van der Waals surface area (Å²) in [5.41, 5.74) is 0. The van der Waals surface area contributed by atoms with E-state index in [-0.39, 0.29) is 18.8 Å². The van der Waals surface area contributed by atoms with E-state index in [1.807, 2.05) is 21.1 Å². The minimum atomic E-state index is -1.80. The van der Waals surface area contributed by atoms with Gasteiger partial charge in [0, 0.05) is 22.9 Å². The first-order valence-electron chi connectivity index (χ1n) is 11.2. The van der Waals surface area contributed by atoms with Crippen molar-refractivity contribution < 1.29 is 28.0 Å². The number of allylic oxidation sites excluding steroid dienone is 2. The molecule has 0 aromatic carbocycles. The van der Waals surface area contributed by atoms with E-state index < -0.39 is 18.9 Å². The summed E-state index contributed by atoms with van der Waals surface area (Å²) in [6.45, 7) is -1.37. The van der Waals surface area contributed by atoms with E-state index in [9.17, 15) is 14.7 Å². The highest BCUT2D eigenvalue weighted by Crippen LogP contribution is 2.09. The Hall–Kier alpha value is -1.36. The number of quaternary nitrogens is 1. The third kappa shape index (κ3) is 17.5. The summed E-state index contributed by atoms with van der Waals surface area (Å²) in [5, 5.41) is 10.8. The van der Waals surface area contributed by atoms with Gasteiger partial charge in [-0.3, -0.25) is 4.79 Å². The van der Waals surface area contributed by atoms with Crippen LogP contribution in [0.4, 0.5) is 0 Å². The van der Waals surface area contributed by atoms with Crippen molar-refractivity contribution in [3.63, 3.8) is 0 Å². The predicted molar refractivity (Wildman–Crippen MR) is 103 cm³/mol. The molecule has 5 heteroatoms. The van der Waals surface area contributed by atoms with Crippen LogP contribution >= 0.6 is 0 Å². The molecule has 0 saturated heterocycles. The number of unbranched alkanes of at least 4 members (excludes halogenated alkanes) is 6. The number of nitrogens with zero attached hydrogens (tertiary/aromatic N) is 1. The van der Waals surface area contributed by atoms with Crippen molar-refractivity contribution >= 4 is 11.9 Å². The van der Waals surface area contributed by atoms with Gasteiger partial charge in [-0.15, -0.1) is 0 Å². The molecule has 0 radical (unpaired) electrons. The van der Waals surface area contributed by atoms with Crippen molar-refractivity contribution in [1.82, 2.24) is 0 Å². The first-order valence-corrected chi connectivity index (χ1v) is 9.74. The number of carboxylic acids is 1. The average molecular weight is 373 g/mol. The smallest absolute Gasteiger partial charge is 0.306 e. The van der Waals surface area contributed by atoms with Crippen LogP contribution in [-0.4, -0.2) is 50.2 Å². The average Bonchev–Trinajstić information content (AvgIpc) is 2.52. The Morgan fingerprint density at radius 3 is 2.27 bits per heavy atom. The lowest BCUT2D eigenvalue weighted by molar-refractivity contribution is -0.873. The molecule has 0 heterocycles. The number of likely N-dealkylation sites (N-methyl/N-ethyl adjacent to an activating group) is 1. The van der Waals surface area contributed by atoms with Crippen molar-refractivity contribution in [3.05, 3.63) is 12.2 Å². The van der Waals surface area contributed by atoms with Gasteiger partial charge in [-0.25, -0.2) is 0 Å². The van der Waals surface area contributed by atoms with Crippen molar-refractivity contribution in [3.8, 4) is 0 Å². The molecule has 1 atom stereocenters. The molecular weight excluding hydrogens is 330 g/mol. The number of hydrogen-bond donors (Lipinski definition) is 0. The molecule has 0 bridgehead atoms. The Morgan fingerprint density at radius 2 is 1.65 bits per heavy atom. The maximum Gasteiger partial charge on any atom is 0.306 e. The Kier molecular flexibility index (Phi) is 11.0. The highest BCUT2D eigenvalue weighted by atomic mass is 16.5. The molecule has 0 aliphatic carbocycles. The second-order valence-corrected chi connectivity index (χ2v) is 7.83. The van der Waals surface area contributed by atoms with Gasteiger partial charge in [0.25, 0.3) is 0 Å². The van der Waals surface area contributed by atoms with Crippen LogP contribution in [0, 0.1) is 0 Å². The lowest BCUT2D eigenvalue weighted by atomic mass is 10.1. The summed E-state index contributed by atoms with van der Waals surface area (Å²) in [4.78, 5) is 22.8. The van der Waals surface area contributed by atoms with Gasteiger partial charge in [0.15, 0.2) is 6.10 Å². The minimum absolute atomic E-state index is 0.272. The van der Waals surface area contributed by atoms with Crippen LogP contribution in [0.25, 0.3) is 0 Å². The fourth-order valence-electron chi connectivity index (χ4n) is 2.70. The van der Waals surface area contributed by atoms with E-state index in [4.69, 9.17) is 8.85 Å². The highest BCUT2D eigenvalue weighted by molar-refractivity contribution is 5.70. The van der Waals surface area contributed by atoms with Crippen LogP contribution in [0.3, 0.4) is 0 Å². The Morgan fingerprint density at radius 1 is 1.04 bits per heavy atom. The lowest BCUT2D eigenvalue weighted by Crippen LogP contribution is -2.45. The molecule has 0 rings (SSSR count). The maximum atomic E-state index is 11.9. The fraction of sp³-hybridized carbons (Fsp3) is 0.810. The Balaban J connectivity index is 3.79. The zero-order valence-electron chi connectivity index (χ0n) is 19.8. The molecule has 0 aromatic heterocycles. The van der Waals surface area contributed by atoms with Gasteiger partial charge >= 0.3 is 5.97 Å². The molecule has 0 aromatic rings. The van der Waals surface area contributed by atoms with E-state index >= 15 is 0 Å². The van der Waals surface area contributed by atoms with Gasteiger partial charge in [0.05, 0.1) is 21.1 Å². The van der Waals surface area contributed by atoms with Crippen molar-refractivity contribution in [2.75, 3.05) is 27.7 Å². The molecule has 0 aliphatic heterocycles. The van der Waals surface area contributed by atoms with Crippen molar-refractivity contribution in [2.24, 2.45) is 0 Å². The first-order chi connectivity index (χ1) is 13.4. The van der Waals surface area contributed by atoms with E-state index in [1.165, 1.54) is 0 Å². The molecule has 26 heavy (non-hydrogen) atoms.